The lowest BCUT2D eigenvalue weighted by Gasteiger charge is -2.22. The summed E-state index contributed by atoms with van der Waals surface area (Å²) in [7, 11) is 4.40. The minimum absolute atomic E-state index is 0.0717. The van der Waals surface area contributed by atoms with E-state index in [9.17, 15) is 0 Å². The highest BCUT2D eigenvalue weighted by Crippen LogP contribution is 2.19. The summed E-state index contributed by atoms with van der Waals surface area (Å²) in [5, 5.41) is 0.764. The standard InChI is InChI=1S/C16H26ClN3/c1-19-8-6-13(11-19)12-20(2)9-7-16(18)14-4-3-5-15(17)10-14/h3-5,10,13,16H,6-9,11-12,18H2,1-2H3. The number of nitrogens with two attached hydrogens (primary N) is 1. The van der Waals surface area contributed by atoms with Gasteiger partial charge in [-0.1, -0.05) is 23.7 Å². The Morgan fingerprint density at radius 1 is 1.50 bits per heavy atom. The first kappa shape index (κ1) is 15.8. The van der Waals surface area contributed by atoms with E-state index in [0.717, 1.165) is 29.5 Å². The van der Waals surface area contributed by atoms with Crippen LogP contribution in [-0.4, -0.2) is 50.1 Å². The molecule has 0 saturated carbocycles. The summed E-state index contributed by atoms with van der Waals surface area (Å²) in [4.78, 5) is 4.82. The Morgan fingerprint density at radius 2 is 2.30 bits per heavy atom. The van der Waals surface area contributed by atoms with Gasteiger partial charge in [0.1, 0.15) is 0 Å². The molecule has 1 aliphatic rings. The minimum atomic E-state index is 0.0717. The molecule has 0 aromatic heterocycles. The van der Waals surface area contributed by atoms with Crippen molar-refractivity contribution in [3.05, 3.63) is 34.9 Å². The van der Waals surface area contributed by atoms with Gasteiger partial charge in [-0.3, -0.25) is 0 Å². The van der Waals surface area contributed by atoms with Gasteiger partial charge in [-0.25, -0.2) is 0 Å². The summed E-state index contributed by atoms with van der Waals surface area (Å²) in [5.74, 6) is 0.812. The average molecular weight is 296 g/mol. The number of benzene rings is 1. The van der Waals surface area contributed by atoms with E-state index in [0.29, 0.717) is 0 Å². The molecule has 0 radical (unpaired) electrons. The first-order valence-corrected chi connectivity index (χ1v) is 7.80. The predicted molar refractivity (Wildman–Crippen MR) is 86.1 cm³/mol. The molecule has 2 unspecified atom stereocenters. The molecule has 3 nitrogen and oxygen atoms in total. The number of hydrogen-bond donors (Lipinski definition) is 1. The van der Waals surface area contributed by atoms with Crippen LogP contribution < -0.4 is 5.73 Å². The first-order chi connectivity index (χ1) is 9.54. The fraction of sp³-hybridized carbons (Fsp3) is 0.625. The molecule has 1 aliphatic heterocycles. The molecule has 0 amide bonds. The van der Waals surface area contributed by atoms with Crippen LogP contribution in [0.2, 0.25) is 5.02 Å². The molecule has 2 rings (SSSR count). The van der Waals surface area contributed by atoms with Crippen molar-refractivity contribution in [1.82, 2.24) is 9.80 Å². The van der Waals surface area contributed by atoms with E-state index in [1.165, 1.54) is 26.1 Å². The lowest BCUT2D eigenvalue weighted by atomic mass is 10.0. The second kappa shape index (κ2) is 7.41. The summed E-state index contributed by atoms with van der Waals surface area (Å²) in [6, 6.07) is 7.96. The molecule has 2 atom stereocenters. The van der Waals surface area contributed by atoms with Gasteiger partial charge in [0.2, 0.25) is 0 Å². The summed E-state index contributed by atoms with van der Waals surface area (Å²) < 4.78 is 0. The number of hydrogen-bond acceptors (Lipinski definition) is 3. The molecular formula is C16H26ClN3. The van der Waals surface area contributed by atoms with Gasteiger partial charge in [-0.05, 0) is 63.6 Å². The highest BCUT2D eigenvalue weighted by atomic mass is 35.5. The zero-order valence-electron chi connectivity index (χ0n) is 12.6. The maximum absolute atomic E-state index is 6.25. The normalized spacial score (nSPS) is 21.6. The molecule has 0 spiro atoms. The SMILES string of the molecule is CN1CCC(CN(C)CCC(N)c2cccc(Cl)c2)C1. The van der Waals surface area contributed by atoms with Crippen LogP contribution in [0.3, 0.4) is 0 Å². The average Bonchev–Trinajstić information content (AvgIpc) is 2.81. The molecule has 1 heterocycles. The Morgan fingerprint density at radius 3 is 2.95 bits per heavy atom. The summed E-state index contributed by atoms with van der Waals surface area (Å²) in [5.41, 5.74) is 7.38. The van der Waals surface area contributed by atoms with Crippen molar-refractivity contribution in [3.8, 4) is 0 Å². The second-order valence-electron chi connectivity index (χ2n) is 6.13. The number of nitrogens with zero attached hydrogens (tertiary/aromatic N) is 2. The number of likely N-dealkylation sites (tertiary alicyclic amines) is 1. The Bertz CT molecular complexity index is 424. The zero-order chi connectivity index (χ0) is 14.5. The molecule has 112 valence electrons. The van der Waals surface area contributed by atoms with Crippen molar-refractivity contribution in [1.29, 1.82) is 0 Å². The third-order valence-corrected chi connectivity index (χ3v) is 4.39. The van der Waals surface area contributed by atoms with Crippen LogP contribution in [0, 0.1) is 5.92 Å². The summed E-state index contributed by atoms with van der Waals surface area (Å²) in [6.45, 7) is 4.67. The maximum Gasteiger partial charge on any atom is 0.0409 e. The van der Waals surface area contributed by atoms with Gasteiger partial charge in [0, 0.05) is 24.2 Å². The van der Waals surface area contributed by atoms with Crippen molar-refractivity contribution in [3.63, 3.8) is 0 Å². The largest absolute Gasteiger partial charge is 0.324 e. The predicted octanol–water partition coefficient (Wildman–Crippen LogP) is 2.61. The van der Waals surface area contributed by atoms with Gasteiger partial charge < -0.3 is 15.5 Å². The summed E-state index contributed by atoms with van der Waals surface area (Å²) >= 11 is 6.01. The lowest BCUT2D eigenvalue weighted by molar-refractivity contribution is 0.265. The highest BCUT2D eigenvalue weighted by molar-refractivity contribution is 6.30. The van der Waals surface area contributed by atoms with Crippen LogP contribution in [0.25, 0.3) is 0 Å². The highest BCUT2D eigenvalue weighted by Gasteiger charge is 2.20. The van der Waals surface area contributed by atoms with E-state index >= 15 is 0 Å². The smallest absolute Gasteiger partial charge is 0.0409 e. The summed E-state index contributed by atoms with van der Waals surface area (Å²) in [6.07, 6.45) is 2.29. The van der Waals surface area contributed by atoms with Crippen LogP contribution in [0.1, 0.15) is 24.4 Å². The third kappa shape index (κ3) is 4.74. The number of halogens is 1. The second-order valence-corrected chi connectivity index (χ2v) is 6.57. The topological polar surface area (TPSA) is 32.5 Å². The van der Waals surface area contributed by atoms with Gasteiger partial charge in [0.05, 0.1) is 0 Å². The van der Waals surface area contributed by atoms with E-state index in [-0.39, 0.29) is 6.04 Å². The van der Waals surface area contributed by atoms with Crippen molar-refractivity contribution >= 4 is 11.6 Å². The first-order valence-electron chi connectivity index (χ1n) is 7.42. The molecule has 2 N–H and O–H groups in total. The fourth-order valence-corrected chi connectivity index (χ4v) is 3.17. The van der Waals surface area contributed by atoms with Gasteiger partial charge in [-0.15, -0.1) is 0 Å². The van der Waals surface area contributed by atoms with E-state index < -0.39 is 0 Å². The molecule has 4 heteroatoms. The van der Waals surface area contributed by atoms with Crippen LogP contribution >= 0.6 is 11.6 Å². The molecule has 1 aromatic carbocycles. The Labute approximate surface area is 127 Å². The fourth-order valence-electron chi connectivity index (χ4n) is 2.97. The van der Waals surface area contributed by atoms with Crippen molar-refractivity contribution in [2.24, 2.45) is 11.7 Å². The van der Waals surface area contributed by atoms with Gasteiger partial charge >= 0.3 is 0 Å². The van der Waals surface area contributed by atoms with Crippen molar-refractivity contribution in [2.75, 3.05) is 40.3 Å². The van der Waals surface area contributed by atoms with E-state index in [1.807, 2.05) is 18.2 Å². The maximum atomic E-state index is 6.25. The molecule has 1 fully saturated rings. The van der Waals surface area contributed by atoms with Crippen LogP contribution in [0.4, 0.5) is 0 Å². The Balaban J connectivity index is 1.74. The van der Waals surface area contributed by atoms with Crippen LogP contribution in [0.15, 0.2) is 24.3 Å². The van der Waals surface area contributed by atoms with Crippen molar-refractivity contribution in [2.45, 2.75) is 18.9 Å². The number of rotatable bonds is 6. The van der Waals surface area contributed by atoms with Crippen LogP contribution in [0.5, 0.6) is 0 Å². The molecule has 0 bridgehead atoms. The van der Waals surface area contributed by atoms with E-state index in [4.69, 9.17) is 17.3 Å². The molecule has 1 saturated heterocycles. The van der Waals surface area contributed by atoms with Gasteiger partial charge in [0.15, 0.2) is 0 Å². The zero-order valence-corrected chi connectivity index (χ0v) is 13.3. The van der Waals surface area contributed by atoms with E-state index in [2.05, 4.69) is 30.0 Å². The van der Waals surface area contributed by atoms with Crippen LogP contribution in [-0.2, 0) is 0 Å². The Hall–Kier alpha value is -0.610. The molecule has 1 aromatic rings. The Kier molecular flexibility index (Phi) is 5.85. The quantitative estimate of drug-likeness (QED) is 0.876. The van der Waals surface area contributed by atoms with E-state index in [1.54, 1.807) is 0 Å². The molecular weight excluding hydrogens is 270 g/mol. The monoisotopic (exact) mass is 295 g/mol. The van der Waals surface area contributed by atoms with Crippen molar-refractivity contribution < 1.29 is 0 Å². The molecule has 0 aliphatic carbocycles. The minimum Gasteiger partial charge on any atom is -0.324 e. The van der Waals surface area contributed by atoms with Gasteiger partial charge in [0.25, 0.3) is 0 Å². The lowest BCUT2D eigenvalue weighted by Crippen LogP contribution is -2.30. The van der Waals surface area contributed by atoms with Gasteiger partial charge in [-0.2, -0.15) is 0 Å². The third-order valence-electron chi connectivity index (χ3n) is 4.16. The molecule has 20 heavy (non-hydrogen) atoms.